The van der Waals surface area contributed by atoms with E-state index < -0.39 is 11.9 Å². The molecule has 0 atom stereocenters. The minimum absolute atomic E-state index is 0.227. The molecule has 0 spiro atoms. The van der Waals surface area contributed by atoms with Gasteiger partial charge in [0.05, 0.1) is 4.47 Å². The number of nitrogens with zero attached hydrogens (tertiary/aromatic N) is 2. The van der Waals surface area contributed by atoms with Gasteiger partial charge < -0.3 is 0 Å². The van der Waals surface area contributed by atoms with Gasteiger partial charge in [-0.3, -0.25) is 0 Å². The molecule has 0 aliphatic heterocycles. The van der Waals surface area contributed by atoms with Crippen molar-refractivity contribution >= 4 is 31.9 Å². The number of halogens is 5. The molecule has 0 aromatic carbocycles. The molecule has 0 aliphatic rings. The third kappa shape index (κ3) is 2.16. The quantitative estimate of drug-likeness (QED) is 0.736. The Hall–Kier alpha value is -0.170. The minimum Gasteiger partial charge on any atom is -0.164 e. The van der Waals surface area contributed by atoms with E-state index in [4.69, 9.17) is 0 Å². The van der Waals surface area contributed by atoms with Crippen molar-refractivity contribution in [1.82, 2.24) is 10.2 Å². The van der Waals surface area contributed by atoms with Gasteiger partial charge in [-0.1, -0.05) is 0 Å². The van der Waals surface area contributed by atoms with E-state index in [0.29, 0.717) is 0 Å². The van der Waals surface area contributed by atoms with Crippen molar-refractivity contribution in [3.8, 4) is 0 Å². The first kappa shape index (κ1) is 9.91. The van der Waals surface area contributed by atoms with Crippen molar-refractivity contribution in [3.63, 3.8) is 0 Å². The molecule has 0 saturated heterocycles. The van der Waals surface area contributed by atoms with Crippen LogP contribution in [0.3, 0.4) is 0 Å². The highest BCUT2D eigenvalue weighted by Gasteiger charge is 2.33. The predicted octanol–water partition coefficient (Wildman–Crippen LogP) is 3.02. The smallest absolute Gasteiger partial charge is 0.164 e. The second kappa shape index (κ2) is 3.29. The van der Waals surface area contributed by atoms with Gasteiger partial charge in [-0.2, -0.15) is 13.2 Å². The summed E-state index contributed by atoms with van der Waals surface area (Å²) in [5.41, 5.74) is -1.02. The number of aromatic nitrogens is 2. The number of alkyl halides is 3. The summed E-state index contributed by atoms with van der Waals surface area (Å²) in [6, 6.07) is 0.858. The Bertz CT molecular complexity index is 299. The van der Waals surface area contributed by atoms with Gasteiger partial charge in [-0.25, -0.2) is 0 Å². The van der Waals surface area contributed by atoms with Gasteiger partial charge in [0.1, 0.15) is 4.60 Å². The van der Waals surface area contributed by atoms with E-state index in [1.54, 1.807) is 0 Å². The third-order valence-electron chi connectivity index (χ3n) is 0.996. The molecular weight excluding hydrogens is 305 g/mol. The summed E-state index contributed by atoms with van der Waals surface area (Å²) in [6.45, 7) is 0. The summed E-state index contributed by atoms with van der Waals surface area (Å²) in [5, 5.41) is 6.20. The molecule has 1 heterocycles. The van der Waals surface area contributed by atoms with Crippen molar-refractivity contribution in [1.29, 1.82) is 0 Å². The van der Waals surface area contributed by atoms with Crippen molar-refractivity contribution < 1.29 is 13.2 Å². The highest BCUT2D eigenvalue weighted by atomic mass is 79.9. The van der Waals surface area contributed by atoms with Gasteiger partial charge in [0.25, 0.3) is 0 Å². The van der Waals surface area contributed by atoms with Crippen LogP contribution in [0.15, 0.2) is 15.1 Å². The van der Waals surface area contributed by atoms with Crippen LogP contribution in [0.4, 0.5) is 13.2 Å². The molecule has 1 aromatic rings. The molecule has 2 nitrogen and oxygen atoms in total. The van der Waals surface area contributed by atoms with E-state index in [9.17, 15) is 13.2 Å². The van der Waals surface area contributed by atoms with Crippen LogP contribution in [0, 0.1) is 0 Å². The Balaban J connectivity index is 3.14. The fourth-order valence-corrected chi connectivity index (χ4v) is 0.982. The van der Waals surface area contributed by atoms with Crippen molar-refractivity contribution in [2.75, 3.05) is 0 Å². The fraction of sp³-hybridized carbons (Fsp3) is 0.200. The molecule has 7 heteroatoms. The van der Waals surface area contributed by atoms with Gasteiger partial charge in [0, 0.05) is 0 Å². The zero-order valence-corrected chi connectivity index (χ0v) is 8.53. The predicted molar refractivity (Wildman–Crippen MR) is 42.4 cm³/mol. The summed E-state index contributed by atoms with van der Waals surface area (Å²) < 4.78 is 36.4. The maximum atomic E-state index is 12.0. The molecule has 0 saturated carbocycles. The molecule has 0 N–H and O–H groups in total. The molecule has 0 amide bonds. The highest BCUT2D eigenvalue weighted by Crippen LogP contribution is 2.30. The van der Waals surface area contributed by atoms with Gasteiger partial charge >= 0.3 is 6.18 Å². The van der Waals surface area contributed by atoms with Gasteiger partial charge in [0.2, 0.25) is 0 Å². The van der Waals surface area contributed by atoms with Crippen LogP contribution in [0.25, 0.3) is 0 Å². The first-order chi connectivity index (χ1) is 5.41. The van der Waals surface area contributed by atoms with Crippen LogP contribution >= 0.6 is 31.9 Å². The lowest BCUT2D eigenvalue weighted by Crippen LogP contribution is -2.09. The fourth-order valence-electron chi connectivity index (χ4n) is 0.493. The molecular formula is C5HBr2F3N2. The first-order valence-electron chi connectivity index (χ1n) is 2.67. The Morgan fingerprint density at radius 1 is 1.17 bits per heavy atom. The average molecular weight is 306 g/mol. The highest BCUT2D eigenvalue weighted by molar-refractivity contribution is 9.13. The van der Waals surface area contributed by atoms with E-state index >= 15 is 0 Å². The van der Waals surface area contributed by atoms with E-state index in [-0.39, 0.29) is 9.08 Å². The average Bonchev–Trinajstić information content (AvgIpc) is 1.92. The van der Waals surface area contributed by atoms with Crippen molar-refractivity contribution in [3.05, 3.63) is 20.8 Å². The third-order valence-corrected chi connectivity index (χ3v) is 2.72. The normalized spacial score (nSPS) is 11.8. The minimum atomic E-state index is -4.45. The maximum absolute atomic E-state index is 12.0. The summed E-state index contributed by atoms with van der Waals surface area (Å²) in [5.74, 6) is 0. The number of hydrogen-bond acceptors (Lipinski definition) is 2. The van der Waals surface area contributed by atoms with Crippen molar-refractivity contribution in [2.45, 2.75) is 6.18 Å². The largest absolute Gasteiger partial charge is 0.435 e. The second-order valence-electron chi connectivity index (χ2n) is 1.87. The Labute approximate surface area is 82.4 Å². The molecule has 1 rings (SSSR count). The molecule has 1 aromatic heterocycles. The van der Waals surface area contributed by atoms with Gasteiger partial charge in [0.15, 0.2) is 5.69 Å². The second-order valence-corrected chi connectivity index (χ2v) is 3.47. The molecule has 12 heavy (non-hydrogen) atoms. The SMILES string of the molecule is FC(F)(F)c1cc(Br)c(Br)nn1. The van der Waals surface area contributed by atoms with E-state index in [0.717, 1.165) is 6.07 Å². The Morgan fingerprint density at radius 3 is 2.17 bits per heavy atom. The van der Waals surface area contributed by atoms with E-state index in [1.165, 1.54) is 0 Å². The summed E-state index contributed by atoms with van der Waals surface area (Å²) in [4.78, 5) is 0. The van der Waals surface area contributed by atoms with Crippen LogP contribution in [0.2, 0.25) is 0 Å². The zero-order valence-electron chi connectivity index (χ0n) is 5.36. The van der Waals surface area contributed by atoms with Gasteiger partial charge in [-0.05, 0) is 37.9 Å². The molecule has 0 unspecified atom stereocenters. The van der Waals surface area contributed by atoms with Gasteiger partial charge in [-0.15, -0.1) is 10.2 Å². The lowest BCUT2D eigenvalue weighted by Gasteiger charge is -2.04. The molecule has 0 radical (unpaired) electrons. The first-order valence-corrected chi connectivity index (χ1v) is 4.26. The van der Waals surface area contributed by atoms with E-state index in [2.05, 4.69) is 42.1 Å². The monoisotopic (exact) mass is 304 g/mol. The maximum Gasteiger partial charge on any atom is 0.435 e. The molecule has 0 fully saturated rings. The van der Waals surface area contributed by atoms with Crippen molar-refractivity contribution in [2.24, 2.45) is 0 Å². The van der Waals surface area contributed by atoms with Crippen LogP contribution in [-0.4, -0.2) is 10.2 Å². The summed E-state index contributed by atoms with van der Waals surface area (Å²) >= 11 is 5.80. The standard InChI is InChI=1S/C5HBr2F3N2/c6-2-1-3(5(8,9)10)11-12-4(2)7/h1H. The molecule has 66 valence electrons. The molecule has 0 bridgehead atoms. The Kier molecular flexibility index (Phi) is 2.72. The molecule has 0 aliphatic carbocycles. The number of hydrogen-bond donors (Lipinski definition) is 0. The Morgan fingerprint density at radius 2 is 1.75 bits per heavy atom. The number of rotatable bonds is 0. The topological polar surface area (TPSA) is 25.8 Å². The lowest BCUT2D eigenvalue weighted by atomic mass is 10.4. The lowest BCUT2D eigenvalue weighted by molar-refractivity contribution is -0.141. The summed E-state index contributed by atoms with van der Waals surface area (Å²) in [7, 11) is 0. The van der Waals surface area contributed by atoms with Crippen LogP contribution < -0.4 is 0 Å². The van der Waals surface area contributed by atoms with E-state index in [1.807, 2.05) is 0 Å². The van der Waals surface area contributed by atoms with Crippen LogP contribution in [0.1, 0.15) is 5.69 Å². The summed E-state index contributed by atoms with van der Waals surface area (Å²) in [6.07, 6.45) is -4.45. The van der Waals surface area contributed by atoms with Crippen LogP contribution in [-0.2, 0) is 6.18 Å². The van der Waals surface area contributed by atoms with Crippen LogP contribution in [0.5, 0.6) is 0 Å². The zero-order chi connectivity index (χ0) is 9.35.